The molecule has 150 valence electrons. The number of fused-ring (bicyclic) bond motifs is 1. The van der Waals surface area contributed by atoms with Gasteiger partial charge in [0.05, 0.1) is 17.1 Å². The van der Waals surface area contributed by atoms with Gasteiger partial charge in [-0.3, -0.25) is 4.79 Å². The predicted molar refractivity (Wildman–Crippen MR) is 111 cm³/mol. The second-order valence-electron chi connectivity index (χ2n) is 7.66. The lowest BCUT2D eigenvalue weighted by Gasteiger charge is -2.11. The smallest absolute Gasteiger partial charge is 0.316 e. The molecular weight excluding hydrogens is 368 g/mol. The van der Waals surface area contributed by atoms with E-state index in [2.05, 4.69) is 29.6 Å². The number of hydrogen-bond donors (Lipinski definition) is 3. The van der Waals surface area contributed by atoms with Crippen LogP contribution in [0.15, 0.2) is 36.5 Å². The number of primary amides is 1. The Morgan fingerprint density at radius 2 is 1.97 bits per heavy atom. The first-order chi connectivity index (χ1) is 13.9. The molecule has 1 saturated carbocycles. The Morgan fingerprint density at radius 3 is 2.59 bits per heavy atom. The summed E-state index contributed by atoms with van der Waals surface area (Å²) < 4.78 is 1.86. The first-order valence-electron chi connectivity index (χ1n) is 9.74. The summed E-state index contributed by atoms with van der Waals surface area (Å²) in [5, 5.41) is 10.7. The second kappa shape index (κ2) is 7.54. The number of amides is 3. The van der Waals surface area contributed by atoms with Crippen LogP contribution in [0.1, 0.15) is 60.3 Å². The Kier molecular flexibility index (Phi) is 4.92. The van der Waals surface area contributed by atoms with Gasteiger partial charge in [0.2, 0.25) is 0 Å². The molecule has 0 radical (unpaired) electrons. The fraction of sp³-hybridized carbons (Fsp3) is 0.333. The number of nitrogens with one attached hydrogen (secondary N) is 2. The van der Waals surface area contributed by atoms with Crippen molar-refractivity contribution in [2.45, 2.75) is 45.2 Å². The van der Waals surface area contributed by atoms with Gasteiger partial charge in [-0.25, -0.2) is 14.5 Å². The lowest BCUT2D eigenvalue weighted by molar-refractivity contribution is 0.0952. The van der Waals surface area contributed by atoms with Gasteiger partial charge in [0.25, 0.3) is 5.91 Å². The standard InChI is InChI=1S/C21H24N6O2/c1-12(2)27-19-17(11-24-27)16(9-18(26-19)14-5-6-14)20(28)23-10-13-3-7-15(8-4-13)25-21(22)29/h3-4,7-9,11-12,14H,5-6,10H2,1-2H3,(H,23,28)(H3,22,25,29). The number of carbonyl (C=O) groups is 2. The molecule has 1 aliphatic rings. The van der Waals surface area contributed by atoms with Gasteiger partial charge in [0.1, 0.15) is 0 Å². The highest BCUT2D eigenvalue weighted by molar-refractivity contribution is 6.05. The number of hydrogen-bond acceptors (Lipinski definition) is 4. The molecule has 0 unspecified atom stereocenters. The van der Waals surface area contributed by atoms with Crippen LogP contribution in [0.3, 0.4) is 0 Å². The van der Waals surface area contributed by atoms with Crippen LogP contribution in [-0.2, 0) is 6.54 Å². The molecule has 3 aromatic rings. The number of rotatable bonds is 6. The molecule has 1 fully saturated rings. The summed E-state index contributed by atoms with van der Waals surface area (Å²) in [6.45, 7) is 4.47. The van der Waals surface area contributed by atoms with Gasteiger partial charge in [0.15, 0.2) is 5.65 Å². The molecule has 8 heteroatoms. The highest BCUT2D eigenvalue weighted by atomic mass is 16.2. The van der Waals surface area contributed by atoms with Crippen LogP contribution in [0.5, 0.6) is 0 Å². The van der Waals surface area contributed by atoms with Crippen molar-refractivity contribution in [3.05, 3.63) is 53.3 Å². The van der Waals surface area contributed by atoms with Crippen molar-refractivity contribution in [2.24, 2.45) is 5.73 Å². The number of benzene rings is 1. The Balaban J connectivity index is 1.55. The van der Waals surface area contributed by atoms with Crippen LogP contribution in [0.25, 0.3) is 11.0 Å². The number of nitrogens with two attached hydrogens (primary N) is 1. The number of carbonyl (C=O) groups excluding carboxylic acids is 2. The summed E-state index contributed by atoms with van der Waals surface area (Å²) in [7, 11) is 0. The average molecular weight is 392 g/mol. The van der Waals surface area contributed by atoms with E-state index < -0.39 is 6.03 Å². The van der Waals surface area contributed by atoms with Crippen LogP contribution in [0, 0.1) is 0 Å². The molecule has 0 atom stereocenters. The zero-order valence-corrected chi connectivity index (χ0v) is 16.5. The van der Waals surface area contributed by atoms with Gasteiger partial charge in [-0.05, 0) is 50.5 Å². The average Bonchev–Trinajstić information content (AvgIpc) is 3.44. The third-order valence-electron chi connectivity index (χ3n) is 4.99. The molecule has 29 heavy (non-hydrogen) atoms. The van der Waals surface area contributed by atoms with Gasteiger partial charge in [0, 0.05) is 29.9 Å². The van der Waals surface area contributed by atoms with Crippen molar-refractivity contribution in [2.75, 3.05) is 5.32 Å². The van der Waals surface area contributed by atoms with Gasteiger partial charge >= 0.3 is 6.03 Å². The van der Waals surface area contributed by atoms with E-state index in [9.17, 15) is 9.59 Å². The van der Waals surface area contributed by atoms with E-state index in [1.165, 1.54) is 0 Å². The lowest BCUT2D eigenvalue weighted by atomic mass is 10.1. The molecule has 2 aromatic heterocycles. The summed E-state index contributed by atoms with van der Waals surface area (Å²) in [6, 6.07) is 8.62. The summed E-state index contributed by atoms with van der Waals surface area (Å²) in [4.78, 5) is 28.7. The molecule has 2 heterocycles. The minimum Gasteiger partial charge on any atom is -0.351 e. The largest absolute Gasteiger partial charge is 0.351 e. The Morgan fingerprint density at radius 1 is 1.24 bits per heavy atom. The van der Waals surface area contributed by atoms with E-state index in [0.29, 0.717) is 23.7 Å². The Bertz CT molecular complexity index is 1070. The third-order valence-corrected chi connectivity index (χ3v) is 4.99. The van der Waals surface area contributed by atoms with E-state index >= 15 is 0 Å². The zero-order chi connectivity index (χ0) is 20.5. The molecule has 3 amide bonds. The van der Waals surface area contributed by atoms with Crippen LogP contribution < -0.4 is 16.4 Å². The molecule has 1 aliphatic carbocycles. The monoisotopic (exact) mass is 392 g/mol. The minimum atomic E-state index is -0.610. The van der Waals surface area contributed by atoms with Crippen LogP contribution in [-0.4, -0.2) is 26.7 Å². The molecule has 4 rings (SSSR count). The predicted octanol–water partition coefficient (Wildman–Crippen LogP) is 3.31. The van der Waals surface area contributed by atoms with Crippen molar-refractivity contribution in [3.63, 3.8) is 0 Å². The van der Waals surface area contributed by atoms with E-state index in [1.54, 1.807) is 18.3 Å². The van der Waals surface area contributed by atoms with Gasteiger partial charge < -0.3 is 16.4 Å². The number of anilines is 1. The molecular formula is C21H24N6O2. The highest BCUT2D eigenvalue weighted by Crippen LogP contribution is 2.40. The van der Waals surface area contributed by atoms with Crippen molar-refractivity contribution in [3.8, 4) is 0 Å². The van der Waals surface area contributed by atoms with E-state index in [1.807, 2.05) is 22.9 Å². The molecule has 1 aromatic carbocycles. The van der Waals surface area contributed by atoms with Crippen LogP contribution in [0.4, 0.5) is 10.5 Å². The van der Waals surface area contributed by atoms with Crippen LogP contribution in [0.2, 0.25) is 0 Å². The topological polar surface area (TPSA) is 115 Å². The third kappa shape index (κ3) is 4.06. The highest BCUT2D eigenvalue weighted by Gasteiger charge is 2.28. The summed E-state index contributed by atoms with van der Waals surface area (Å²) in [6.07, 6.45) is 3.94. The summed E-state index contributed by atoms with van der Waals surface area (Å²) >= 11 is 0. The number of nitrogens with zero attached hydrogens (tertiary/aromatic N) is 3. The second-order valence-corrected chi connectivity index (χ2v) is 7.66. The Hall–Kier alpha value is -3.42. The van der Waals surface area contributed by atoms with Crippen LogP contribution >= 0.6 is 0 Å². The maximum absolute atomic E-state index is 13.0. The molecule has 8 nitrogen and oxygen atoms in total. The fourth-order valence-electron chi connectivity index (χ4n) is 3.32. The molecule has 0 aliphatic heterocycles. The molecule has 0 spiro atoms. The normalized spacial score (nSPS) is 13.6. The zero-order valence-electron chi connectivity index (χ0n) is 16.5. The summed E-state index contributed by atoms with van der Waals surface area (Å²) in [5.41, 5.74) is 8.97. The number of aromatic nitrogens is 3. The quantitative estimate of drug-likeness (QED) is 0.597. The molecule has 4 N–H and O–H groups in total. The SMILES string of the molecule is CC(C)n1ncc2c(C(=O)NCc3ccc(NC(N)=O)cc3)cc(C3CC3)nc21. The first kappa shape index (κ1) is 18.9. The molecule has 0 saturated heterocycles. The maximum atomic E-state index is 13.0. The van der Waals surface area contributed by atoms with Crippen molar-refractivity contribution in [1.82, 2.24) is 20.1 Å². The van der Waals surface area contributed by atoms with E-state index in [0.717, 1.165) is 35.1 Å². The van der Waals surface area contributed by atoms with Gasteiger partial charge in [-0.15, -0.1) is 0 Å². The van der Waals surface area contributed by atoms with Gasteiger partial charge in [-0.1, -0.05) is 12.1 Å². The number of urea groups is 1. The van der Waals surface area contributed by atoms with E-state index in [4.69, 9.17) is 10.7 Å². The van der Waals surface area contributed by atoms with E-state index in [-0.39, 0.29) is 11.9 Å². The van der Waals surface area contributed by atoms with Gasteiger partial charge in [-0.2, -0.15) is 5.10 Å². The van der Waals surface area contributed by atoms with Crippen molar-refractivity contribution in [1.29, 1.82) is 0 Å². The number of pyridine rings is 1. The van der Waals surface area contributed by atoms with Crippen molar-refractivity contribution < 1.29 is 9.59 Å². The fourth-order valence-corrected chi connectivity index (χ4v) is 3.32. The minimum absolute atomic E-state index is 0.151. The Labute approximate surface area is 168 Å². The van der Waals surface area contributed by atoms with Crippen molar-refractivity contribution >= 4 is 28.7 Å². The summed E-state index contributed by atoms with van der Waals surface area (Å²) in [5.74, 6) is 0.286. The first-order valence-corrected chi connectivity index (χ1v) is 9.74. The lowest BCUT2D eigenvalue weighted by Crippen LogP contribution is -2.23. The molecule has 0 bridgehead atoms. The maximum Gasteiger partial charge on any atom is 0.316 e.